The largest absolute Gasteiger partial charge is 0.327 e. The number of benzene rings is 1. The molecular formula is C10H13N. The maximum atomic E-state index is 5.93. The first-order valence-corrected chi connectivity index (χ1v) is 4.12. The van der Waals surface area contributed by atoms with E-state index in [1.807, 2.05) is 0 Å². The van der Waals surface area contributed by atoms with Crippen LogP contribution in [-0.4, -0.2) is 6.04 Å². The smallest absolute Gasteiger partial charge is 0.0146 e. The second-order valence-electron chi connectivity index (χ2n) is 3.36. The molecule has 0 spiro atoms. The summed E-state index contributed by atoms with van der Waals surface area (Å²) in [6.45, 7) is 2.20. The highest BCUT2D eigenvalue weighted by Crippen LogP contribution is 2.30. The van der Waals surface area contributed by atoms with Gasteiger partial charge in [-0.2, -0.15) is 0 Å². The van der Waals surface area contributed by atoms with Gasteiger partial charge in [0.25, 0.3) is 0 Å². The van der Waals surface area contributed by atoms with Crippen molar-refractivity contribution in [3.8, 4) is 0 Å². The zero-order valence-electron chi connectivity index (χ0n) is 6.75. The minimum atomic E-state index is 0.340. The van der Waals surface area contributed by atoms with Crippen LogP contribution in [0.15, 0.2) is 24.3 Å². The van der Waals surface area contributed by atoms with E-state index in [0.29, 0.717) is 12.0 Å². The van der Waals surface area contributed by atoms with E-state index in [2.05, 4.69) is 31.2 Å². The molecular weight excluding hydrogens is 134 g/mol. The van der Waals surface area contributed by atoms with Crippen LogP contribution in [-0.2, 0) is 6.42 Å². The van der Waals surface area contributed by atoms with E-state index in [1.54, 1.807) is 0 Å². The monoisotopic (exact) mass is 147 g/mol. The molecule has 0 aliphatic heterocycles. The summed E-state index contributed by atoms with van der Waals surface area (Å²) in [6.07, 6.45) is 1.05. The maximum Gasteiger partial charge on any atom is 0.0146 e. The topological polar surface area (TPSA) is 26.0 Å². The van der Waals surface area contributed by atoms with Crippen molar-refractivity contribution >= 4 is 0 Å². The molecule has 2 N–H and O–H groups in total. The Hall–Kier alpha value is -0.820. The molecule has 1 nitrogen and oxygen atoms in total. The molecule has 1 aliphatic rings. The van der Waals surface area contributed by atoms with Crippen molar-refractivity contribution in [2.24, 2.45) is 5.73 Å². The van der Waals surface area contributed by atoms with Crippen molar-refractivity contribution in [3.05, 3.63) is 35.4 Å². The summed E-state index contributed by atoms with van der Waals surface area (Å²) in [4.78, 5) is 0. The van der Waals surface area contributed by atoms with Gasteiger partial charge in [0.15, 0.2) is 0 Å². The quantitative estimate of drug-likeness (QED) is 0.593. The Bertz CT molecular complexity index is 267. The molecule has 1 aromatic carbocycles. The van der Waals surface area contributed by atoms with Gasteiger partial charge in [-0.1, -0.05) is 31.2 Å². The minimum absolute atomic E-state index is 0.340. The molecule has 2 rings (SSSR count). The highest BCUT2D eigenvalue weighted by Gasteiger charge is 2.24. The van der Waals surface area contributed by atoms with Crippen molar-refractivity contribution in [2.75, 3.05) is 0 Å². The van der Waals surface area contributed by atoms with Crippen molar-refractivity contribution < 1.29 is 0 Å². The van der Waals surface area contributed by atoms with Crippen molar-refractivity contribution in [2.45, 2.75) is 25.3 Å². The molecule has 0 fully saturated rings. The first-order valence-electron chi connectivity index (χ1n) is 4.12. The Morgan fingerprint density at radius 2 is 2.09 bits per heavy atom. The Labute approximate surface area is 67.2 Å². The fourth-order valence-electron chi connectivity index (χ4n) is 1.83. The maximum absolute atomic E-state index is 5.93. The van der Waals surface area contributed by atoms with E-state index in [9.17, 15) is 0 Å². The van der Waals surface area contributed by atoms with E-state index in [-0.39, 0.29) is 0 Å². The molecule has 0 amide bonds. The third-order valence-corrected chi connectivity index (χ3v) is 2.64. The summed E-state index contributed by atoms with van der Waals surface area (Å²) in [5, 5.41) is 0. The van der Waals surface area contributed by atoms with Crippen LogP contribution in [0.25, 0.3) is 0 Å². The summed E-state index contributed by atoms with van der Waals surface area (Å²) in [5.41, 5.74) is 8.81. The molecule has 58 valence electrons. The summed E-state index contributed by atoms with van der Waals surface area (Å²) >= 11 is 0. The van der Waals surface area contributed by atoms with Gasteiger partial charge in [-0.05, 0) is 23.5 Å². The lowest BCUT2D eigenvalue weighted by Gasteiger charge is -2.08. The number of rotatable bonds is 0. The van der Waals surface area contributed by atoms with Gasteiger partial charge < -0.3 is 5.73 Å². The standard InChI is InChI=1S/C10H13N/c1-7-9-5-3-2-4-8(9)6-10(7)11/h2-5,7,10H,6,11H2,1H3/t7-,10?/m1/s1. The highest BCUT2D eigenvalue weighted by molar-refractivity contribution is 5.36. The normalized spacial score (nSPS) is 28.5. The lowest BCUT2D eigenvalue weighted by atomic mass is 10.0. The van der Waals surface area contributed by atoms with E-state index < -0.39 is 0 Å². The van der Waals surface area contributed by atoms with Gasteiger partial charge in [0.1, 0.15) is 0 Å². The van der Waals surface area contributed by atoms with Crippen molar-refractivity contribution in [1.82, 2.24) is 0 Å². The van der Waals surface area contributed by atoms with Crippen molar-refractivity contribution in [3.63, 3.8) is 0 Å². The second-order valence-corrected chi connectivity index (χ2v) is 3.36. The average Bonchev–Trinajstić information content (AvgIpc) is 2.30. The molecule has 0 bridgehead atoms. The molecule has 0 saturated carbocycles. The van der Waals surface area contributed by atoms with Gasteiger partial charge in [-0.25, -0.2) is 0 Å². The van der Waals surface area contributed by atoms with Crippen LogP contribution in [0.1, 0.15) is 24.0 Å². The van der Waals surface area contributed by atoms with E-state index in [4.69, 9.17) is 5.73 Å². The Kier molecular flexibility index (Phi) is 1.46. The lowest BCUT2D eigenvalue weighted by Crippen LogP contribution is -2.22. The highest BCUT2D eigenvalue weighted by atomic mass is 14.7. The first-order chi connectivity index (χ1) is 5.29. The fraction of sp³-hybridized carbons (Fsp3) is 0.400. The zero-order chi connectivity index (χ0) is 7.84. The lowest BCUT2D eigenvalue weighted by molar-refractivity contribution is 0.615. The van der Waals surface area contributed by atoms with Gasteiger partial charge in [0.05, 0.1) is 0 Å². The summed E-state index contributed by atoms with van der Waals surface area (Å²) in [6, 6.07) is 8.88. The minimum Gasteiger partial charge on any atom is -0.327 e. The van der Waals surface area contributed by atoms with E-state index in [0.717, 1.165) is 6.42 Å². The number of nitrogens with two attached hydrogens (primary N) is 1. The van der Waals surface area contributed by atoms with E-state index >= 15 is 0 Å². The van der Waals surface area contributed by atoms with Crippen LogP contribution in [0.3, 0.4) is 0 Å². The van der Waals surface area contributed by atoms with E-state index in [1.165, 1.54) is 11.1 Å². The molecule has 0 heterocycles. The van der Waals surface area contributed by atoms with Crippen LogP contribution in [0.4, 0.5) is 0 Å². The molecule has 1 unspecified atom stereocenters. The molecule has 0 saturated heterocycles. The SMILES string of the molecule is C[C@@H]1c2ccccc2CC1N. The molecule has 0 radical (unpaired) electrons. The van der Waals surface area contributed by atoms with Crippen LogP contribution in [0.5, 0.6) is 0 Å². The number of fused-ring (bicyclic) bond motifs is 1. The molecule has 0 aromatic heterocycles. The summed E-state index contributed by atoms with van der Waals surface area (Å²) in [7, 11) is 0. The van der Waals surface area contributed by atoms with Crippen molar-refractivity contribution in [1.29, 1.82) is 0 Å². The van der Waals surface area contributed by atoms with Crippen LogP contribution in [0, 0.1) is 0 Å². The fourth-order valence-corrected chi connectivity index (χ4v) is 1.83. The Balaban J connectivity index is 2.47. The van der Waals surface area contributed by atoms with Gasteiger partial charge in [0.2, 0.25) is 0 Å². The zero-order valence-corrected chi connectivity index (χ0v) is 6.75. The molecule has 11 heavy (non-hydrogen) atoms. The number of hydrogen-bond donors (Lipinski definition) is 1. The number of hydrogen-bond acceptors (Lipinski definition) is 1. The first kappa shape index (κ1) is 6.86. The van der Waals surface area contributed by atoms with Gasteiger partial charge in [0, 0.05) is 6.04 Å². The Morgan fingerprint density at radius 3 is 2.82 bits per heavy atom. The average molecular weight is 147 g/mol. The van der Waals surface area contributed by atoms with Crippen LogP contribution >= 0.6 is 0 Å². The molecule has 1 aromatic rings. The van der Waals surface area contributed by atoms with Gasteiger partial charge >= 0.3 is 0 Å². The summed E-state index contributed by atoms with van der Waals surface area (Å²) in [5.74, 6) is 0.547. The van der Waals surface area contributed by atoms with Gasteiger partial charge in [-0.3, -0.25) is 0 Å². The van der Waals surface area contributed by atoms with Crippen LogP contribution in [0.2, 0.25) is 0 Å². The third-order valence-electron chi connectivity index (χ3n) is 2.64. The summed E-state index contributed by atoms with van der Waals surface area (Å²) < 4.78 is 0. The molecule has 2 atom stereocenters. The molecule has 1 aliphatic carbocycles. The molecule has 1 heteroatoms. The predicted molar refractivity (Wildman–Crippen MR) is 46.5 cm³/mol. The second kappa shape index (κ2) is 2.35. The Morgan fingerprint density at radius 1 is 1.36 bits per heavy atom. The predicted octanol–water partition coefficient (Wildman–Crippen LogP) is 1.67. The van der Waals surface area contributed by atoms with Gasteiger partial charge in [-0.15, -0.1) is 0 Å². The van der Waals surface area contributed by atoms with Crippen LogP contribution < -0.4 is 5.73 Å². The third kappa shape index (κ3) is 0.962.